The van der Waals surface area contributed by atoms with E-state index in [1.807, 2.05) is 24.3 Å². The summed E-state index contributed by atoms with van der Waals surface area (Å²) in [6, 6.07) is 16.4. The van der Waals surface area contributed by atoms with E-state index in [4.69, 9.17) is 9.57 Å². The number of methoxy groups -OCH3 is 1. The van der Waals surface area contributed by atoms with Crippen molar-refractivity contribution in [3.8, 4) is 11.5 Å². The van der Waals surface area contributed by atoms with Crippen molar-refractivity contribution in [2.24, 2.45) is 0 Å². The number of fused-ring (bicyclic) bond motifs is 1. The minimum absolute atomic E-state index is 0.0392. The van der Waals surface area contributed by atoms with Gasteiger partial charge in [0.1, 0.15) is 11.8 Å². The zero-order chi connectivity index (χ0) is 15.0. The predicted octanol–water partition coefficient (Wildman–Crippen LogP) is 4.19. The summed E-state index contributed by atoms with van der Waals surface area (Å²) in [5, 5.41) is 2.05. The number of hydrogen-bond acceptors (Lipinski definition) is 3. The first-order chi connectivity index (χ1) is 10.0. The molecule has 1 unspecified atom stereocenters. The van der Waals surface area contributed by atoms with Crippen LogP contribution in [0.5, 0.6) is 11.5 Å². The average molecular weight is 283 g/mol. The van der Waals surface area contributed by atoms with Crippen molar-refractivity contribution in [1.29, 1.82) is 0 Å². The monoisotopic (exact) mass is 283 g/mol. The number of ether oxygens (including phenoxy) is 1. The summed E-state index contributed by atoms with van der Waals surface area (Å²) in [4.78, 5) is 6.13. The van der Waals surface area contributed by atoms with Crippen LogP contribution in [0.15, 0.2) is 48.5 Å². The highest BCUT2D eigenvalue weighted by atomic mass is 16.7. The molecule has 2 aromatic rings. The van der Waals surface area contributed by atoms with Gasteiger partial charge in [-0.2, -0.15) is 0 Å². The van der Waals surface area contributed by atoms with Gasteiger partial charge in [0, 0.05) is 5.54 Å². The number of hydrogen-bond donors (Lipinski definition) is 0. The summed E-state index contributed by atoms with van der Waals surface area (Å²) >= 11 is 0. The zero-order valence-electron chi connectivity index (χ0n) is 13.0. The molecule has 0 aromatic heterocycles. The highest BCUT2D eigenvalue weighted by molar-refractivity contribution is 5.52. The van der Waals surface area contributed by atoms with Crippen LogP contribution in [0.2, 0.25) is 0 Å². The highest BCUT2D eigenvalue weighted by Crippen LogP contribution is 2.48. The first-order valence-electron chi connectivity index (χ1n) is 7.21. The molecular formula is C18H21NO2. The maximum absolute atomic E-state index is 6.13. The van der Waals surface area contributed by atoms with Crippen LogP contribution in [0.4, 0.5) is 0 Å². The Hall–Kier alpha value is -2.00. The number of benzene rings is 2. The summed E-state index contributed by atoms with van der Waals surface area (Å²) in [6.07, 6.45) is 0. The van der Waals surface area contributed by atoms with Crippen molar-refractivity contribution in [3.05, 3.63) is 59.7 Å². The van der Waals surface area contributed by atoms with Gasteiger partial charge >= 0.3 is 0 Å². The molecule has 0 saturated heterocycles. The molecule has 0 aliphatic carbocycles. The fourth-order valence-electron chi connectivity index (χ4n) is 2.79. The maximum atomic E-state index is 6.13. The van der Waals surface area contributed by atoms with E-state index in [9.17, 15) is 0 Å². The molecule has 0 bridgehead atoms. The van der Waals surface area contributed by atoms with Crippen LogP contribution in [0, 0.1) is 0 Å². The molecule has 1 aliphatic heterocycles. The van der Waals surface area contributed by atoms with E-state index in [-0.39, 0.29) is 11.6 Å². The first kappa shape index (κ1) is 14.0. The SMILES string of the molecule is COc1cccc2c1C(c1ccccc1)N(C(C)(C)C)O2. The van der Waals surface area contributed by atoms with Crippen LogP contribution in [-0.2, 0) is 0 Å². The van der Waals surface area contributed by atoms with Crippen LogP contribution < -0.4 is 9.57 Å². The second-order valence-corrected chi connectivity index (χ2v) is 6.27. The lowest BCUT2D eigenvalue weighted by Crippen LogP contribution is -2.43. The quantitative estimate of drug-likeness (QED) is 0.824. The molecule has 3 heteroatoms. The van der Waals surface area contributed by atoms with E-state index in [0.29, 0.717) is 0 Å². The standard InChI is InChI=1S/C18H21NO2/c1-18(2,3)19-17(13-9-6-5-7-10-13)16-14(20-4)11-8-12-15(16)21-19/h5-12,17H,1-4H3. The fraction of sp³-hybridized carbons (Fsp3) is 0.333. The minimum atomic E-state index is -0.120. The van der Waals surface area contributed by atoms with E-state index in [1.54, 1.807) is 7.11 Å². The predicted molar refractivity (Wildman–Crippen MR) is 83.5 cm³/mol. The van der Waals surface area contributed by atoms with Crippen molar-refractivity contribution in [1.82, 2.24) is 5.06 Å². The summed E-state index contributed by atoms with van der Waals surface area (Å²) in [5.74, 6) is 1.74. The average Bonchev–Trinajstić information content (AvgIpc) is 2.87. The lowest BCUT2D eigenvalue weighted by Gasteiger charge is -2.34. The third-order valence-electron chi connectivity index (χ3n) is 3.73. The fourth-order valence-corrected chi connectivity index (χ4v) is 2.79. The van der Waals surface area contributed by atoms with E-state index in [1.165, 1.54) is 5.56 Å². The van der Waals surface area contributed by atoms with Crippen molar-refractivity contribution in [3.63, 3.8) is 0 Å². The topological polar surface area (TPSA) is 21.7 Å². The molecule has 3 rings (SSSR count). The second kappa shape index (κ2) is 5.08. The third kappa shape index (κ3) is 2.38. The Bertz CT molecular complexity index is 631. The Morgan fingerprint density at radius 1 is 1.00 bits per heavy atom. The Labute approximate surface area is 126 Å². The minimum Gasteiger partial charge on any atom is -0.496 e. The van der Waals surface area contributed by atoms with Crippen LogP contribution >= 0.6 is 0 Å². The van der Waals surface area contributed by atoms with Gasteiger partial charge in [0.25, 0.3) is 0 Å². The van der Waals surface area contributed by atoms with E-state index in [2.05, 4.69) is 50.1 Å². The van der Waals surface area contributed by atoms with Crippen LogP contribution in [0.3, 0.4) is 0 Å². The number of hydroxylamine groups is 2. The molecular weight excluding hydrogens is 262 g/mol. The van der Waals surface area contributed by atoms with Gasteiger partial charge in [-0.1, -0.05) is 36.4 Å². The lowest BCUT2D eigenvalue weighted by molar-refractivity contribution is -0.128. The van der Waals surface area contributed by atoms with E-state index >= 15 is 0 Å². The molecule has 110 valence electrons. The molecule has 3 nitrogen and oxygen atoms in total. The molecule has 0 radical (unpaired) electrons. The number of nitrogens with zero attached hydrogens (tertiary/aromatic N) is 1. The van der Waals surface area contributed by atoms with Crippen LogP contribution in [0.1, 0.15) is 37.9 Å². The molecule has 21 heavy (non-hydrogen) atoms. The van der Waals surface area contributed by atoms with Crippen LogP contribution in [-0.4, -0.2) is 17.7 Å². The van der Waals surface area contributed by atoms with Gasteiger partial charge in [0.2, 0.25) is 0 Å². The Balaban J connectivity index is 2.17. The Morgan fingerprint density at radius 3 is 2.33 bits per heavy atom. The van der Waals surface area contributed by atoms with Crippen molar-refractivity contribution < 1.29 is 9.57 Å². The molecule has 0 amide bonds. The van der Waals surface area contributed by atoms with Gasteiger partial charge in [0.15, 0.2) is 5.75 Å². The molecule has 0 fully saturated rings. The van der Waals surface area contributed by atoms with E-state index in [0.717, 1.165) is 17.1 Å². The summed E-state index contributed by atoms with van der Waals surface area (Å²) in [5.41, 5.74) is 2.18. The number of rotatable bonds is 2. The van der Waals surface area contributed by atoms with Crippen molar-refractivity contribution >= 4 is 0 Å². The Morgan fingerprint density at radius 2 is 1.71 bits per heavy atom. The first-order valence-corrected chi connectivity index (χ1v) is 7.21. The normalized spacial score (nSPS) is 18.2. The zero-order valence-corrected chi connectivity index (χ0v) is 13.0. The van der Waals surface area contributed by atoms with Gasteiger partial charge in [-0.05, 0) is 38.5 Å². The van der Waals surface area contributed by atoms with Gasteiger partial charge in [0.05, 0.1) is 12.7 Å². The molecule has 0 N–H and O–H groups in total. The van der Waals surface area contributed by atoms with Gasteiger partial charge < -0.3 is 9.57 Å². The molecule has 1 atom stereocenters. The molecule has 1 heterocycles. The largest absolute Gasteiger partial charge is 0.496 e. The Kier molecular flexibility index (Phi) is 3.38. The van der Waals surface area contributed by atoms with Gasteiger partial charge in [-0.3, -0.25) is 0 Å². The molecule has 0 spiro atoms. The molecule has 1 aliphatic rings. The second-order valence-electron chi connectivity index (χ2n) is 6.27. The summed E-state index contributed by atoms with van der Waals surface area (Å²) < 4.78 is 5.56. The molecule has 2 aromatic carbocycles. The maximum Gasteiger partial charge on any atom is 0.156 e. The summed E-state index contributed by atoms with van der Waals surface area (Å²) in [7, 11) is 1.71. The van der Waals surface area contributed by atoms with Crippen molar-refractivity contribution in [2.75, 3.05) is 7.11 Å². The highest BCUT2D eigenvalue weighted by Gasteiger charge is 2.42. The smallest absolute Gasteiger partial charge is 0.156 e. The van der Waals surface area contributed by atoms with Gasteiger partial charge in [-0.25, -0.2) is 0 Å². The summed E-state index contributed by atoms with van der Waals surface area (Å²) in [6.45, 7) is 6.46. The van der Waals surface area contributed by atoms with Crippen molar-refractivity contribution in [2.45, 2.75) is 32.4 Å². The van der Waals surface area contributed by atoms with Crippen LogP contribution in [0.25, 0.3) is 0 Å². The van der Waals surface area contributed by atoms with Gasteiger partial charge in [-0.15, -0.1) is 5.06 Å². The van der Waals surface area contributed by atoms with E-state index < -0.39 is 0 Å². The lowest BCUT2D eigenvalue weighted by atomic mass is 9.94. The molecule has 0 saturated carbocycles. The third-order valence-corrected chi connectivity index (χ3v) is 3.73.